The number of rotatable bonds is 4. The minimum atomic E-state index is 0.536. The highest BCUT2D eigenvalue weighted by molar-refractivity contribution is 5.39. The zero-order valence-corrected chi connectivity index (χ0v) is 15.1. The second-order valence-electron chi connectivity index (χ2n) is 7.04. The average Bonchev–Trinajstić information content (AvgIpc) is 3.04. The van der Waals surface area contributed by atoms with E-state index in [-0.39, 0.29) is 0 Å². The van der Waals surface area contributed by atoms with Gasteiger partial charge in [-0.15, -0.1) is 0 Å². The fourth-order valence-corrected chi connectivity index (χ4v) is 3.74. The number of hydrogen-bond donors (Lipinski definition) is 0. The van der Waals surface area contributed by atoms with Crippen LogP contribution in [0.4, 0.5) is 5.82 Å². The standard InChI is InChI=1S/C18H26N6O/c1-14-9-18(20-13-19-14)22(2)16-3-5-23(6-4-16)11-15-10-17-12-25-8-7-24(17)21-15/h9-10,13,16H,3-8,11-12H2,1-2H3. The van der Waals surface area contributed by atoms with Crippen LogP contribution in [-0.4, -0.2) is 57.4 Å². The Kier molecular flexibility index (Phi) is 4.67. The Morgan fingerprint density at radius 1 is 1.20 bits per heavy atom. The summed E-state index contributed by atoms with van der Waals surface area (Å²) in [4.78, 5) is 13.4. The average molecular weight is 342 g/mol. The number of fused-ring (bicyclic) bond motifs is 1. The first kappa shape index (κ1) is 16.5. The largest absolute Gasteiger partial charge is 0.373 e. The molecule has 0 atom stereocenters. The first-order chi connectivity index (χ1) is 12.2. The van der Waals surface area contributed by atoms with Crippen molar-refractivity contribution >= 4 is 5.82 Å². The molecule has 2 aromatic heterocycles. The van der Waals surface area contributed by atoms with Gasteiger partial charge in [-0.25, -0.2) is 9.97 Å². The highest BCUT2D eigenvalue weighted by Gasteiger charge is 2.24. The molecule has 0 bridgehead atoms. The van der Waals surface area contributed by atoms with Crippen LogP contribution in [-0.2, 0) is 24.4 Å². The molecule has 0 amide bonds. The Bertz CT molecular complexity index is 699. The molecule has 2 aromatic rings. The number of nitrogens with zero attached hydrogens (tertiary/aromatic N) is 6. The van der Waals surface area contributed by atoms with Gasteiger partial charge in [0.15, 0.2) is 0 Å². The van der Waals surface area contributed by atoms with Crippen LogP contribution >= 0.6 is 0 Å². The molecule has 134 valence electrons. The Labute approximate surface area is 148 Å². The number of piperidine rings is 1. The highest BCUT2D eigenvalue weighted by atomic mass is 16.5. The Morgan fingerprint density at radius 2 is 2.04 bits per heavy atom. The Morgan fingerprint density at radius 3 is 2.80 bits per heavy atom. The van der Waals surface area contributed by atoms with Crippen molar-refractivity contribution in [3.63, 3.8) is 0 Å². The molecule has 0 saturated carbocycles. The van der Waals surface area contributed by atoms with Gasteiger partial charge in [0, 0.05) is 44.5 Å². The molecule has 0 aromatic carbocycles. The summed E-state index contributed by atoms with van der Waals surface area (Å²) in [6.45, 7) is 7.48. The quantitative estimate of drug-likeness (QED) is 0.841. The van der Waals surface area contributed by atoms with E-state index in [1.807, 2.05) is 6.92 Å². The third-order valence-electron chi connectivity index (χ3n) is 5.25. The Balaban J connectivity index is 1.33. The van der Waals surface area contributed by atoms with E-state index >= 15 is 0 Å². The lowest BCUT2D eigenvalue weighted by Crippen LogP contribution is -2.43. The van der Waals surface area contributed by atoms with Gasteiger partial charge in [0.25, 0.3) is 0 Å². The van der Waals surface area contributed by atoms with Crippen LogP contribution in [0.1, 0.15) is 29.9 Å². The van der Waals surface area contributed by atoms with Gasteiger partial charge in [-0.2, -0.15) is 5.10 Å². The summed E-state index contributed by atoms with van der Waals surface area (Å²) >= 11 is 0. The van der Waals surface area contributed by atoms with Crippen molar-refractivity contribution in [1.29, 1.82) is 0 Å². The van der Waals surface area contributed by atoms with Gasteiger partial charge in [0.05, 0.1) is 31.1 Å². The van der Waals surface area contributed by atoms with E-state index in [0.29, 0.717) is 12.6 Å². The van der Waals surface area contributed by atoms with Gasteiger partial charge in [0.2, 0.25) is 0 Å². The van der Waals surface area contributed by atoms with Gasteiger partial charge in [0.1, 0.15) is 12.1 Å². The van der Waals surface area contributed by atoms with E-state index in [4.69, 9.17) is 9.84 Å². The van der Waals surface area contributed by atoms with E-state index in [1.165, 1.54) is 11.4 Å². The van der Waals surface area contributed by atoms with Crippen LogP contribution < -0.4 is 4.90 Å². The third kappa shape index (κ3) is 3.67. The van der Waals surface area contributed by atoms with E-state index in [0.717, 1.165) is 57.1 Å². The fourth-order valence-electron chi connectivity index (χ4n) is 3.74. The summed E-state index contributed by atoms with van der Waals surface area (Å²) in [6.07, 6.45) is 3.95. The molecule has 4 heterocycles. The molecule has 4 rings (SSSR count). The van der Waals surface area contributed by atoms with Crippen molar-refractivity contribution in [2.45, 2.75) is 45.5 Å². The zero-order valence-electron chi connectivity index (χ0n) is 15.1. The molecule has 0 aliphatic carbocycles. The second kappa shape index (κ2) is 7.09. The van der Waals surface area contributed by atoms with Gasteiger partial charge in [-0.3, -0.25) is 9.58 Å². The molecule has 0 N–H and O–H groups in total. The maximum absolute atomic E-state index is 5.50. The molecule has 0 spiro atoms. The summed E-state index contributed by atoms with van der Waals surface area (Å²) in [5, 5.41) is 4.72. The first-order valence-corrected chi connectivity index (χ1v) is 9.06. The van der Waals surface area contributed by atoms with Crippen LogP contribution in [0.3, 0.4) is 0 Å². The van der Waals surface area contributed by atoms with Gasteiger partial charge in [-0.05, 0) is 25.8 Å². The maximum Gasteiger partial charge on any atom is 0.132 e. The highest BCUT2D eigenvalue weighted by Crippen LogP contribution is 2.22. The molecule has 2 aliphatic heterocycles. The van der Waals surface area contributed by atoms with Crippen molar-refractivity contribution in [1.82, 2.24) is 24.6 Å². The molecule has 1 saturated heterocycles. The van der Waals surface area contributed by atoms with Crippen molar-refractivity contribution in [3.8, 4) is 0 Å². The summed E-state index contributed by atoms with van der Waals surface area (Å²) in [5.74, 6) is 1.02. The summed E-state index contributed by atoms with van der Waals surface area (Å²) in [6, 6.07) is 4.79. The predicted molar refractivity (Wildman–Crippen MR) is 95.4 cm³/mol. The van der Waals surface area contributed by atoms with Crippen LogP contribution in [0.25, 0.3) is 0 Å². The first-order valence-electron chi connectivity index (χ1n) is 9.06. The summed E-state index contributed by atoms with van der Waals surface area (Å²) in [7, 11) is 2.14. The SMILES string of the molecule is Cc1cc(N(C)C2CCN(Cc3cc4n(n3)CCOC4)CC2)ncn1. The van der Waals surface area contributed by atoms with E-state index in [2.05, 4.69) is 43.6 Å². The number of likely N-dealkylation sites (tertiary alicyclic amines) is 1. The molecule has 25 heavy (non-hydrogen) atoms. The smallest absolute Gasteiger partial charge is 0.132 e. The maximum atomic E-state index is 5.50. The second-order valence-corrected chi connectivity index (χ2v) is 7.04. The number of aromatic nitrogens is 4. The lowest BCUT2D eigenvalue weighted by atomic mass is 10.0. The predicted octanol–water partition coefficient (Wildman–Crippen LogP) is 1.61. The summed E-state index contributed by atoms with van der Waals surface area (Å²) in [5.41, 5.74) is 3.38. The van der Waals surface area contributed by atoms with Crippen LogP contribution in [0.15, 0.2) is 18.5 Å². The van der Waals surface area contributed by atoms with Gasteiger partial charge >= 0.3 is 0 Å². The normalized spacial score (nSPS) is 19.0. The van der Waals surface area contributed by atoms with Crippen LogP contribution in [0.2, 0.25) is 0 Å². The van der Waals surface area contributed by atoms with Crippen molar-refractivity contribution in [2.75, 3.05) is 31.6 Å². The lowest BCUT2D eigenvalue weighted by Gasteiger charge is -2.37. The van der Waals surface area contributed by atoms with Gasteiger partial charge < -0.3 is 9.64 Å². The third-order valence-corrected chi connectivity index (χ3v) is 5.25. The van der Waals surface area contributed by atoms with Gasteiger partial charge in [-0.1, -0.05) is 0 Å². The summed E-state index contributed by atoms with van der Waals surface area (Å²) < 4.78 is 7.59. The van der Waals surface area contributed by atoms with Crippen LogP contribution in [0, 0.1) is 6.92 Å². The topological polar surface area (TPSA) is 59.3 Å². The van der Waals surface area contributed by atoms with Crippen molar-refractivity contribution in [2.24, 2.45) is 0 Å². The molecular formula is C18H26N6O. The zero-order chi connectivity index (χ0) is 17.2. The van der Waals surface area contributed by atoms with Crippen molar-refractivity contribution in [3.05, 3.63) is 35.5 Å². The van der Waals surface area contributed by atoms with Crippen molar-refractivity contribution < 1.29 is 4.74 Å². The Hall–Kier alpha value is -1.99. The number of aryl methyl sites for hydroxylation is 1. The van der Waals surface area contributed by atoms with Crippen LogP contribution in [0.5, 0.6) is 0 Å². The van der Waals surface area contributed by atoms with E-state index in [1.54, 1.807) is 6.33 Å². The molecule has 7 nitrogen and oxygen atoms in total. The monoisotopic (exact) mass is 342 g/mol. The molecule has 0 radical (unpaired) electrons. The molecule has 1 fully saturated rings. The fraction of sp³-hybridized carbons (Fsp3) is 0.611. The van der Waals surface area contributed by atoms with E-state index in [9.17, 15) is 0 Å². The molecule has 7 heteroatoms. The number of hydrogen-bond acceptors (Lipinski definition) is 6. The number of ether oxygens (including phenoxy) is 1. The lowest BCUT2D eigenvalue weighted by molar-refractivity contribution is 0.0799. The van der Waals surface area contributed by atoms with E-state index < -0.39 is 0 Å². The molecule has 2 aliphatic rings. The minimum absolute atomic E-state index is 0.536. The molecular weight excluding hydrogens is 316 g/mol. The molecule has 0 unspecified atom stereocenters. The minimum Gasteiger partial charge on any atom is -0.373 e. The number of anilines is 1.